The summed E-state index contributed by atoms with van der Waals surface area (Å²) in [4.78, 5) is 29.6. The van der Waals surface area contributed by atoms with Gasteiger partial charge in [-0.1, -0.05) is 0 Å². The Morgan fingerprint density at radius 2 is 2.23 bits per heavy atom. The molecular weight excluding hydrogens is 304 g/mol. The van der Waals surface area contributed by atoms with Crippen molar-refractivity contribution >= 4 is 23.2 Å². The molecule has 6 nitrogen and oxygen atoms in total. The molecule has 1 atom stereocenters. The first-order valence-electron chi connectivity index (χ1n) is 7.37. The van der Waals surface area contributed by atoms with Gasteiger partial charge in [-0.25, -0.2) is 9.78 Å². The molecule has 1 aromatic heterocycles. The number of rotatable bonds is 5. The highest BCUT2D eigenvalue weighted by molar-refractivity contribution is 7.11. The van der Waals surface area contributed by atoms with E-state index >= 15 is 0 Å². The van der Waals surface area contributed by atoms with Crippen molar-refractivity contribution in [1.29, 1.82) is 0 Å². The first kappa shape index (κ1) is 16.9. The van der Waals surface area contributed by atoms with E-state index in [0.717, 1.165) is 12.8 Å². The second-order valence-electron chi connectivity index (χ2n) is 6.25. The lowest BCUT2D eigenvalue weighted by Gasteiger charge is -2.28. The Balaban J connectivity index is 1.79. The predicted molar refractivity (Wildman–Crippen MR) is 83.2 cm³/mol. The van der Waals surface area contributed by atoms with E-state index < -0.39 is 5.60 Å². The van der Waals surface area contributed by atoms with E-state index in [9.17, 15) is 9.59 Å². The summed E-state index contributed by atoms with van der Waals surface area (Å²) in [7, 11) is 0. The molecule has 0 aliphatic carbocycles. The minimum absolute atomic E-state index is 0.00777. The van der Waals surface area contributed by atoms with E-state index in [1.54, 1.807) is 16.5 Å². The fourth-order valence-electron chi connectivity index (χ4n) is 2.28. The smallest absolute Gasteiger partial charge is 0.410 e. The highest BCUT2D eigenvalue weighted by Crippen LogP contribution is 2.21. The van der Waals surface area contributed by atoms with E-state index in [1.165, 1.54) is 11.3 Å². The number of hydrogen-bond acceptors (Lipinski definition) is 6. The first-order valence-corrected chi connectivity index (χ1v) is 8.25. The van der Waals surface area contributed by atoms with Crippen LogP contribution in [-0.2, 0) is 9.47 Å². The van der Waals surface area contributed by atoms with Crippen LogP contribution in [0.15, 0.2) is 11.6 Å². The number of nitrogens with zero attached hydrogens (tertiary/aromatic N) is 2. The molecule has 0 N–H and O–H groups in total. The number of carbonyl (C=O) groups excluding carboxylic acids is 2. The van der Waals surface area contributed by atoms with Crippen LogP contribution < -0.4 is 0 Å². The van der Waals surface area contributed by atoms with Crippen molar-refractivity contribution in [2.24, 2.45) is 0 Å². The van der Waals surface area contributed by atoms with Gasteiger partial charge in [0, 0.05) is 18.1 Å². The fourth-order valence-corrected chi connectivity index (χ4v) is 2.84. The van der Waals surface area contributed by atoms with Crippen LogP contribution in [0.4, 0.5) is 4.79 Å². The third kappa shape index (κ3) is 4.78. The quantitative estimate of drug-likeness (QED) is 0.778. The van der Waals surface area contributed by atoms with Crippen LogP contribution in [0.1, 0.15) is 43.4 Å². The van der Waals surface area contributed by atoms with Gasteiger partial charge in [0.15, 0.2) is 5.01 Å². The average molecular weight is 326 g/mol. The van der Waals surface area contributed by atoms with Crippen molar-refractivity contribution < 1.29 is 19.1 Å². The zero-order chi connectivity index (χ0) is 16.2. The number of ketones is 1. The predicted octanol–water partition coefficient (Wildman–Crippen LogP) is 2.74. The number of amides is 1. The first-order chi connectivity index (χ1) is 10.4. The fraction of sp³-hybridized carbons (Fsp3) is 0.667. The second-order valence-corrected chi connectivity index (χ2v) is 7.14. The molecule has 1 fully saturated rings. The van der Waals surface area contributed by atoms with Crippen LogP contribution in [0, 0.1) is 0 Å². The van der Waals surface area contributed by atoms with Crippen LogP contribution in [0.2, 0.25) is 0 Å². The van der Waals surface area contributed by atoms with Gasteiger partial charge in [-0.05, 0) is 33.6 Å². The van der Waals surface area contributed by atoms with Crippen LogP contribution in [-0.4, -0.2) is 53.2 Å². The van der Waals surface area contributed by atoms with Gasteiger partial charge in [0.1, 0.15) is 12.2 Å². The summed E-state index contributed by atoms with van der Waals surface area (Å²) in [6.07, 6.45) is 3.07. The molecule has 0 bridgehead atoms. The SMILES string of the molecule is CC(C)(C)OC(=O)N1CCC[C@H]1COCC(=O)c1nccs1. The van der Waals surface area contributed by atoms with E-state index in [-0.39, 0.29) is 24.5 Å². The molecule has 0 spiro atoms. The molecule has 1 amide bonds. The number of ether oxygens (including phenoxy) is 2. The number of Topliss-reactive ketones (excluding diaryl/α,β-unsaturated/α-hetero) is 1. The van der Waals surface area contributed by atoms with Crippen molar-refractivity contribution in [2.45, 2.75) is 45.3 Å². The molecule has 22 heavy (non-hydrogen) atoms. The zero-order valence-corrected chi connectivity index (χ0v) is 14.0. The van der Waals surface area contributed by atoms with Crippen LogP contribution in [0.25, 0.3) is 0 Å². The van der Waals surface area contributed by atoms with Crippen molar-refractivity contribution in [2.75, 3.05) is 19.8 Å². The van der Waals surface area contributed by atoms with Gasteiger partial charge in [0.05, 0.1) is 12.6 Å². The standard InChI is InChI=1S/C15H22N2O4S/c1-15(2,3)21-14(19)17-7-4-5-11(17)9-20-10-12(18)13-16-6-8-22-13/h6,8,11H,4-5,7,9-10H2,1-3H3/t11-/m0/s1. The monoisotopic (exact) mass is 326 g/mol. The maximum absolute atomic E-state index is 12.1. The van der Waals surface area contributed by atoms with E-state index in [0.29, 0.717) is 18.2 Å². The van der Waals surface area contributed by atoms with Crippen molar-refractivity contribution in [3.8, 4) is 0 Å². The van der Waals surface area contributed by atoms with Crippen molar-refractivity contribution in [3.63, 3.8) is 0 Å². The third-order valence-electron chi connectivity index (χ3n) is 3.22. The normalized spacial score (nSPS) is 18.5. The molecule has 122 valence electrons. The average Bonchev–Trinajstić information content (AvgIpc) is 3.08. The Morgan fingerprint density at radius 1 is 1.45 bits per heavy atom. The molecule has 1 saturated heterocycles. The van der Waals surface area contributed by atoms with E-state index in [1.807, 2.05) is 20.8 Å². The Morgan fingerprint density at radius 3 is 2.86 bits per heavy atom. The molecule has 2 heterocycles. The minimum atomic E-state index is -0.508. The third-order valence-corrected chi connectivity index (χ3v) is 4.03. The topological polar surface area (TPSA) is 68.7 Å². The second kappa shape index (κ2) is 7.19. The summed E-state index contributed by atoms with van der Waals surface area (Å²) < 4.78 is 10.9. The summed E-state index contributed by atoms with van der Waals surface area (Å²) in [6.45, 7) is 6.55. The minimum Gasteiger partial charge on any atom is -0.444 e. The Hall–Kier alpha value is -1.47. The van der Waals surface area contributed by atoms with Crippen LogP contribution in [0.5, 0.6) is 0 Å². The van der Waals surface area contributed by atoms with Crippen LogP contribution in [0.3, 0.4) is 0 Å². The van der Waals surface area contributed by atoms with Gasteiger partial charge in [0.25, 0.3) is 0 Å². The number of aromatic nitrogens is 1. The Labute approximate surface area is 134 Å². The van der Waals surface area contributed by atoms with Crippen LogP contribution >= 0.6 is 11.3 Å². The van der Waals surface area contributed by atoms with Crippen molar-refractivity contribution in [3.05, 3.63) is 16.6 Å². The molecule has 0 unspecified atom stereocenters. The number of thiazole rings is 1. The van der Waals surface area contributed by atoms with Gasteiger partial charge >= 0.3 is 6.09 Å². The lowest BCUT2D eigenvalue weighted by Crippen LogP contribution is -2.41. The highest BCUT2D eigenvalue weighted by atomic mass is 32.1. The maximum Gasteiger partial charge on any atom is 0.410 e. The largest absolute Gasteiger partial charge is 0.444 e. The van der Waals surface area contributed by atoms with Gasteiger partial charge < -0.3 is 14.4 Å². The van der Waals surface area contributed by atoms with Gasteiger partial charge in [-0.2, -0.15) is 0 Å². The summed E-state index contributed by atoms with van der Waals surface area (Å²) in [5.41, 5.74) is -0.508. The van der Waals surface area contributed by atoms with Gasteiger partial charge in [-0.3, -0.25) is 4.79 Å². The molecule has 0 saturated carbocycles. The lowest BCUT2D eigenvalue weighted by atomic mass is 10.2. The lowest BCUT2D eigenvalue weighted by molar-refractivity contribution is 0.0115. The summed E-state index contributed by atoms with van der Waals surface area (Å²) in [6, 6.07) is -0.0288. The summed E-state index contributed by atoms with van der Waals surface area (Å²) in [5, 5.41) is 2.21. The highest BCUT2D eigenvalue weighted by Gasteiger charge is 2.32. The molecule has 0 radical (unpaired) electrons. The number of hydrogen-bond donors (Lipinski definition) is 0. The molecular formula is C15H22N2O4S. The van der Waals surface area contributed by atoms with Gasteiger partial charge in [0.2, 0.25) is 5.78 Å². The molecule has 0 aromatic carbocycles. The van der Waals surface area contributed by atoms with Crippen molar-refractivity contribution in [1.82, 2.24) is 9.88 Å². The molecule has 2 rings (SSSR count). The Bertz CT molecular complexity index is 510. The van der Waals surface area contributed by atoms with E-state index in [4.69, 9.17) is 9.47 Å². The molecule has 1 aliphatic rings. The summed E-state index contributed by atoms with van der Waals surface area (Å²) in [5.74, 6) is -0.128. The Kier molecular flexibility index (Phi) is 5.52. The molecule has 1 aliphatic heterocycles. The van der Waals surface area contributed by atoms with Gasteiger partial charge in [-0.15, -0.1) is 11.3 Å². The maximum atomic E-state index is 12.1. The summed E-state index contributed by atoms with van der Waals surface area (Å²) >= 11 is 1.30. The number of likely N-dealkylation sites (tertiary alicyclic amines) is 1. The zero-order valence-electron chi connectivity index (χ0n) is 13.2. The molecule has 1 aromatic rings. The molecule has 7 heteroatoms. The van der Waals surface area contributed by atoms with E-state index in [2.05, 4.69) is 4.98 Å². The number of carbonyl (C=O) groups is 2.